The lowest BCUT2D eigenvalue weighted by Gasteiger charge is -2.20. The molecule has 1 aliphatic heterocycles. The number of nitrogens with zero attached hydrogens (tertiary/aromatic N) is 3. The molecule has 26 heavy (non-hydrogen) atoms. The van der Waals surface area contributed by atoms with Gasteiger partial charge in [0.15, 0.2) is 0 Å². The maximum Gasteiger partial charge on any atom is 0.227 e. The summed E-state index contributed by atoms with van der Waals surface area (Å²) in [6, 6.07) is 14.6. The molecule has 1 unspecified atom stereocenters. The Bertz CT molecular complexity index is 973. The minimum atomic E-state index is 0.141. The standard InChI is InChI=1S/C22H25N3O/c1-4-11-24-20-8-6-5-7-18(20)23-22(24)17-13-21(26)25(14-17)19-10-9-15(2)12-16(19)3/h5-10,12,17H,4,11,13-14H2,1-3H3. The van der Waals surface area contributed by atoms with Crippen LogP contribution in [-0.4, -0.2) is 22.0 Å². The van der Waals surface area contributed by atoms with E-state index in [1.54, 1.807) is 0 Å². The molecule has 4 nitrogen and oxygen atoms in total. The number of para-hydroxylation sites is 2. The van der Waals surface area contributed by atoms with Crippen LogP contribution in [0.3, 0.4) is 0 Å². The summed E-state index contributed by atoms with van der Waals surface area (Å²) in [5, 5.41) is 0. The zero-order valence-corrected chi connectivity index (χ0v) is 15.7. The molecule has 0 N–H and O–H groups in total. The van der Waals surface area contributed by atoms with Gasteiger partial charge in [-0.2, -0.15) is 0 Å². The molecule has 2 aromatic carbocycles. The smallest absolute Gasteiger partial charge is 0.227 e. The molecule has 1 aromatic heterocycles. The first-order valence-corrected chi connectivity index (χ1v) is 9.41. The maximum atomic E-state index is 12.8. The van der Waals surface area contributed by atoms with E-state index in [1.807, 2.05) is 11.0 Å². The van der Waals surface area contributed by atoms with Gasteiger partial charge in [0, 0.05) is 31.1 Å². The molecule has 2 heterocycles. The van der Waals surface area contributed by atoms with E-state index in [2.05, 4.69) is 61.7 Å². The molecular formula is C22H25N3O. The summed E-state index contributed by atoms with van der Waals surface area (Å²) < 4.78 is 2.30. The molecule has 1 fully saturated rings. The summed E-state index contributed by atoms with van der Waals surface area (Å²) >= 11 is 0. The van der Waals surface area contributed by atoms with E-state index in [0.717, 1.165) is 35.6 Å². The van der Waals surface area contributed by atoms with Crippen molar-refractivity contribution in [3.63, 3.8) is 0 Å². The quantitative estimate of drug-likeness (QED) is 0.693. The van der Waals surface area contributed by atoms with Crippen LogP contribution in [0.2, 0.25) is 0 Å². The number of imidazole rings is 1. The summed E-state index contributed by atoms with van der Waals surface area (Å²) in [7, 11) is 0. The minimum absolute atomic E-state index is 0.141. The topological polar surface area (TPSA) is 38.1 Å². The molecule has 1 amide bonds. The van der Waals surface area contributed by atoms with Crippen LogP contribution in [0.25, 0.3) is 11.0 Å². The Labute approximate surface area is 154 Å². The fourth-order valence-electron chi connectivity index (χ4n) is 4.09. The number of amides is 1. The number of hydrogen-bond acceptors (Lipinski definition) is 2. The van der Waals surface area contributed by atoms with Crippen LogP contribution in [0.4, 0.5) is 5.69 Å². The van der Waals surface area contributed by atoms with Crippen molar-refractivity contribution in [2.75, 3.05) is 11.4 Å². The van der Waals surface area contributed by atoms with Gasteiger partial charge in [0.05, 0.1) is 11.0 Å². The van der Waals surface area contributed by atoms with Crippen LogP contribution in [0.15, 0.2) is 42.5 Å². The van der Waals surface area contributed by atoms with Gasteiger partial charge in [-0.25, -0.2) is 4.98 Å². The SMILES string of the molecule is CCCn1c(C2CC(=O)N(c3ccc(C)cc3C)C2)nc2ccccc21. The molecule has 1 saturated heterocycles. The number of benzene rings is 2. The molecule has 0 bridgehead atoms. The van der Waals surface area contributed by atoms with Gasteiger partial charge in [0.25, 0.3) is 0 Å². The predicted molar refractivity (Wildman–Crippen MR) is 106 cm³/mol. The number of rotatable bonds is 4. The van der Waals surface area contributed by atoms with Gasteiger partial charge in [-0.05, 0) is 44.0 Å². The lowest BCUT2D eigenvalue weighted by molar-refractivity contribution is -0.117. The van der Waals surface area contributed by atoms with E-state index in [9.17, 15) is 4.79 Å². The van der Waals surface area contributed by atoms with Crippen molar-refractivity contribution >= 4 is 22.6 Å². The highest BCUT2D eigenvalue weighted by molar-refractivity contribution is 5.97. The summed E-state index contributed by atoms with van der Waals surface area (Å²) in [5.74, 6) is 1.38. The second-order valence-electron chi connectivity index (χ2n) is 7.31. The van der Waals surface area contributed by atoms with E-state index in [1.165, 1.54) is 11.1 Å². The van der Waals surface area contributed by atoms with Crippen molar-refractivity contribution in [2.24, 2.45) is 0 Å². The second-order valence-corrected chi connectivity index (χ2v) is 7.31. The number of aryl methyl sites for hydroxylation is 3. The van der Waals surface area contributed by atoms with E-state index in [4.69, 9.17) is 4.98 Å². The van der Waals surface area contributed by atoms with Crippen molar-refractivity contribution in [1.82, 2.24) is 9.55 Å². The van der Waals surface area contributed by atoms with Crippen LogP contribution in [0.5, 0.6) is 0 Å². The lowest BCUT2D eigenvalue weighted by Crippen LogP contribution is -2.25. The third-order valence-corrected chi connectivity index (χ3v) is 5.26. The summed E-state index contributed by atoms with van der Waals surface area (Å²) in [5.41, 5.74) is 5.59. The van der Waals surface area contributed by atoms with Gasteiger partial charge in [0.2, 0.25) is 5.91 Å². The van der Waals surface area contributed by atoms with Crippen LogP contribution < -0.4 is 4.90 Å². The molecule has 134 valence electrons. The Hall–Kier alpha value is -2.62. The van der Waals surface area contributed by atoms with E-state index >= 15 is 0 Å². The summed E-state index contributed by atoms with van der Waals surface area (Å²) in [6.07, 6.45) is 1.58. The summed E-state index contributed by atoms with van der Waals surface area (Å²) in [4.78, 5) is 19.6. The van der Waals surface area contributed by atoms with Crippen molar-refractivity contribution in [3.8, 4) is 0 Å². The van der Waals surface area contributed by atoms with Crippen molar-refractivity contribution in [2.45, 2.75) is 46.1 Å². The number of hydrogen-bond donors (Lipinski definition) is 0. The molecule has 1 aliphatic rings. The van der Waals surface area contributed by atoms with Crippen molar-refractivity contribution in [1.29, 1.82) is 0 Å². The number of fused-ring (bicyclic) bond motifs is 1. The monoisotopic (exact) mass is 347 g/mol. The first-order chi connectivity index (χ1) is 12.6. The third kappa shape index (κ3) is 2.79. The van der Waals surface area contributed by atoms with Crippen molar-refractivity contribution < 1.29 is 4.79 Å². The Morgan fingerprint density at radius 3 is 2.73 bits per heavy atom. The van der Waals surface area contributed by atoms with Crippen LogP contribution in [-0.2, 0) is 11.3 Å². The van der Waals surface area contributed by atoms with Gasteiger partial charge < -0.3 is 9.47 Å². The molecular weight excluding hydrogens is 322 g/mol. The Balaban J connectivity index is 1.71. The van der Waals surface area contributed by atoms with E-state index in [-0.39, 0.29) is 11.8 Å². The first-order valence-electron chi connectivity index (χ1n) is 9.41. The van der Waals surface area contributed by atoms with E-state index in [0.29, 0.717) is 13.0 Å². The molecule has 0 aliphatic carbocycles. The Kier molecular flexibility index (Phi) is 4.27. The number of carbonyl (C=O) groups is 1. The first kappa shape index (κ1) is 16.8. The molecule has 3 aromatic rings. The molecule has 1 atom stereocenters. The Morgan fingerprint density at radius 1 is 1.15 bits per heavy atom. The van der Waals surface area contributed by atoms with E-state index < -0.39 is 0 Å². The zero-order valence-electron chi connectivity index (χ0n) is 15.7. The molecule has 4 rings (SSSR count). The molecule has 0 radical (unpaired) electrons. The van der Waals surface area contributed by atoms with Gasteiger partial charge in [-0.15, -0.1) is 0 Å². The number of anilines is 1. The molecule has 0 saturated carbocycles. The highest BCUT2D eigenvalue weighted by atomic mass is 16.2. The predicted octanol–water partition coefficient (Wildman–Crippen LogP) is 4.58. The average Bonchev–Trinajstić information content (AvgIpc) is 3.17. The molecule has 0 spiro atoms. The van der Waals surface area contributed by atoms with Gasteiger partial charge in [0.1, 0.15) is 5.82 Å². The number of carbonyl (C=O) groups excluding carboxylic acids is 1. The van der Waals surface area contributed by atoms with Crippen molar-refractivity contribution in [3.05, 3.63) is 59.4 Å². The largest absolute Gasteiger partial charge is 0.328 e. The van der Waals surface area contributed by atoms with Crippen LogP contribution in [0.1, 0.15) is 42.6 Å². The number of aromatic nitrogens is 2. The lowest BCUT2D eigenvalue weighted by atomic mass is 10.1. The highest BCUT2D eigenvalue weighted by Crippen LogP contribution is 2.34. The van der Waals surface area contributed by atoms with Gasteiger partial charge in [-0.3, -0.25) is 4.79 Å². The average molecular weight is 347 g/mol. The van der Waals surface area contributed by atoms with Gasteiger partial charge in [-0.1, -0.05) is 36.8 Å². The second kappa shape index (κ2) is 6.60. The van der Waals surface area contributed by atoms with Crippen LogP contribution in [0, 0.1) is 13.8 Å². The molecule has 4 heteroatoms. The Morgan fingerprint density at radius 2 is 1.96 bits per heavy atom. The van der Waals surface area contributed by atoms with Gasteiger partial charge >= 0.3 is 0 Å². The maximum absolute atomic E-state index is 12.8. The minimum Gasteiger partial charge on any atom is -0.328 e. The highest BCUT2D eigenvalue weighted by Gasteiger charge is 2.35. The fourth-order valence-corrected chi connectivity index (χ4v) is 4.09. The summed E-state index contributed by atoms with van der Waals surface area (Å²) in [6.45, 7) is 7.98. The zero-order chi connectivity index (χ0) is 18.3. The van der Waals surface area contributed by atoms with Crippen LogP contribution >= 0.6 is 0 Å². The fraction of sp³-hybridized carbons (Fsp3) is 0.364. The normalized spacial score (nSPS) is 17.4. The third-order valence-electron chi connectivity index (χ3n) is 5.26.